The lowest BCUT2D eigenvalue weighted by Gasteiger charge is -2.22. The van der Waals surface area contributed by atoms with Crippen molar-refractivity contribution in [3.8, 4) is 5.75 Å². The Bertz CT molecular complexity index is 1130. The first-order valence-electron chi connectivity index (χ1n) is 11.5. The zero-order valence-electron chi connectivity index (χ0n) is 19.6. The maximum atomic E-state index is 13.2. The molecule has 0 heterocycles. The standard InChI is InChI=1S/C27H32N2O4S/c1-3-33-24-16-18-25(19-17-24)34(31,32)29-26(20-23-12-8-5-9-13-23)27(30)28-21(2)14-15-22-10-6-4-7-11-22/h4-13,16-19,21,26,29H,3,14-15,20H2,1-2H3,(H,28,30)/t21-,26+/m0/s1. The molecule has 3 rings (SSSR count). The number of benzene rings is 3. The van der Waals surface area contributed by atoms with Gasteiger partial charge in [-0.2, -0.15) is 4.72 Å². The lowest BCUT2D eigenvalue weighted by atomic mass is 10.0. The van der Waals surface area contributed by atoms with Crippen molar-refractivity contribution in [1.29, 1.82) is 0 Å². The minimum atomic E-state index is -3.91. The van der Waals surface area contributed by atoms with Crippen molar-refractivity contribution in [2.45, 2.75) is 50.1 Å². The van der Waals surface area contributed by atoms with Crippen molar-refractivity contribution in [2.75, 3.05) is 6.61 Å². The number of hydrogen-bond acceptors (Lipinski definition) is 4. The summed E-state index contributed by atoms with van der Waals surface area (Å²) in [7, 11) is -3.91. The van der Waals surface area contributed by atoms with Crippen LogP contribution in [0.5, 0.6) is 5.75 Å². The third-order valence-corrected chi connectivity index (χ3v) is 6.93. The molecule has 1 amide bonds. The molecule has 0 unspecified atom stereocenters. The quantitative estimate of drug-likeness (QED) is 0.409. The van der Waals surface area contributed by atoms with Crippen molar-refractivity contribution in [2.24, 2.45) is 0 Å². The van der Waals surface area contributed by atoms with Crippen LogP contribution in [0.2, 0.25) is 0 Å². The highest BCUT2D eigenvalue weighted by molar-refractivity contribution is 7.89. The Hall–Kier alpha value is -3.16. The number of carbonyl (C=O) groups is 1. The zero-order valence-corrected chi connectivity index (χ0v) is 20.4. The van der Waals surface area contributed by atoms with Gasteiger partial charge in [-0.1, -0.05) is 60.7 Å². The number of amides is 1. The van der Waals surface area contributed by atoms with Crippen LogP contribution in [0.1, 0.15) is 31.4 Å². The predicted molar refractivity (Wildman–Crippen MR) is 134 cm³/mol. The SMILES string of the molecule is CCOc1ccc(S(=O)(=O)N[C@H](Cc2ccccc2)C(=O)N[C@@H](C)CCc2ccccc2)cc1. The van der Waals surface area contributed by atoms with Crippen molar-refractivity contribution in [1.82, 2.24) is 10.0 Å². The summed E-state index contributed by atoms with van der Waals surface area (Å²) in [6, 6.07) is 24.6. The van der Waals surface area contributed by atoms with Crippen LogP contribution in [0, 0.1) is 0 Å². The number of ether oxygens (including phenoxy) is 1. The molecule has 0 aromatic heterocycles. The third kappa shape index (κ3) is 7.71. The molecule has 0 fully saturated rings. The Labute approximate surface area is 202 Å². The summed E-state index contributed by atoms with van der Waals surface area (Å²) in [6.45, 7) is 4.29. The molecule has 0 aliphatic rings. The van der Waals surface area contributed by atoms with E-state index in [1.54, 1.807) is 12.1 Å². The Morgan fingerprint density at radius 2 is 1.47 bits per heavy atom. The lowest BCUT2D eigenvalue weighted by molar-refractivity contribution is -0.123. The van der Waals surface area contributed by atoms with E-state index < -0.39 is 16.1 Å². The van der Waals surface area contributed by atoms with Crippen LogP contribution in [0.15, 0.2) is 89.8 Å². The normalized spacial score (nSPS) is 13.1. The summed E-state index contributed by atoms with van der Waals surface area (Å²) in [5.74, 6) is 0.242. The Morgan fingerprint density at radius 3 is 2.06 bits per heavy atom. The van der Waals surface area contributed by atoms with E-state index in [0.29, 0.717) is 12.4 Å². The van der Waals surface area contributed by atoms with Crippen molar-refractivity contribution < 1.29 is 17.9 Å². The molecule has 0 saturated carbocycles. The second-order valence-electron chi connectivity index (χ2n) is 8.20. The average Bonchev–Trinajstić information content (AvgIpc) is 2.84. The van der Waals surface area contributed by atoms with Crippen LogP contribution >= 0.6 is 0 Å². The van der Waals surface area contributed by atoms with E-state index in [4.69, 9.17) is 4.74 Å². The molecular formula is C27H32N2O4S. The Morgan fingerprint density at radius 1 is 0.882 bits per heavy atom. The first kappa shape index (κ1) is 25.5. The van der Waals surface area contributed by atoms with Gasteiger partial charge in [0.1, 0.15) is 11.8 Å². The van der Waals surface area contributed by atoms with Crippen LogP contribution in [-0.2, 0) is 27.7 Å². The molecule has 0 spiro atoms. The second-order valence-corrected chi connectivity index (χ2v) is 9.92. The van der Waals surface area contributed by atoms with Gasteiger partial charge in [0.25, 0.3) is 0 Å². The van der Waals surface area contributed by atoms with Gasteiger partial charge in [0, 0.05) is 6.04 Å². The molecule has 0 radical (unpaired) electrons. The van der Waals surface area contributed by atoms with Gasteiger partial charge in [0.05, 0.1) is 11.5 Å². The van der Waals surface area contributed by atoms with Crippen LogP contribution in [0.25, 0.3) is 0 Å². The van der Waals surface area contributed by atoms with Crippen molar-refractivity contribution in [3.63, 3.8) is 0 Å². The summed E-state index contributed by atoms with van der Waals surface area (Å²) < 4.78 is 34.1. The smallest absolute Gasteiger partial charge is 0.241 e. The minimum absolute atomic E-state index is 0.0824. The fraction of sp³-hybridized carbons (Fsp3) is 0.296. The number of rotatable bonds is 12. The molecule has 0 saturated heterocycles. The minimum Gasteiger partial charge on any atom is -0.494 e. The lowest BCUT2D eigenvalue weighted by Crippen LogP contribution is -2.50. The average molecular weight is 481 g/mol. The van der Waals surface area contributed by atoms with E-state index in [0.717, 1.165) is 18.4 Å². The van der Waals surface area contributed by atoms with Crippen LogP contribution in [-0.4, -0.2) is 33.0 Å². The molecular weight excluding hydrogens is 448 g/mol. The number of carbonyl (C=O) groups excluding carboxylic acids is 1. The van der Waals surface area contributed by atoms with Gasteiger partial charge in [-0.3, -0.25) is 4.79 Å². The maximum Gasteiger partial charge on any atom is 0.241 e. The summed E-state index contributed by atoms with van der Waals surface area (Å²) >= 11 is 0. The topological polar surface area (TPSA) is 84.5 Å². The van der Waals surface area contributed by atoms with Crippen molar-refractivity contribution >= 4 is 15.9 Å². The predicted octanol–water partition coefficient (Wildman–Crippen LogP) is 4.11. The summed E-state index contributed by atoms with van der Waals surface area (Å²) in [6.07, 6.45) is 1.82. The Balaban J connectivity index is 1.71. The van der Waals surface area contributed by atoms with E-state index >= 15 is 0 Å². The van der Waals surface area contributed by atoms with Gasteiger partial charge >= 0.3 is 0 Å². The highest BCUT2D eigenvalue weighted by Crippen LogP contribution is 2.17. The molecule has 34 heavy (non-hydrogen) atoms. The van der Waals surface area contributed by atoms with Gasteiger partial charge in [-0.15, -0.1) is 0 Å². The third-order valence-electron chi connectivity index (χ3n) is 5.44. The van der Waals surface area contributed by atoms with E-state index in [1.807, 2.05) is 62.4 Å². The van der Waals surface area contributed by atoms with E-state index in [2.05, 4.69) is 22.2 Å². The monoisotopic (exact) mass is 480 g/mol. The summed E-state index contributed by atoms with van der Waals surface area (Å²) in [4.78, 5) is 13.2. The largest absolute Gasteiger partial charge is 0.494 e. The van der Waals surface area contributed by atoms with Gasteiger partial charge in [-0.05, 0) is 68.5 Å². The first-order valence-corrected chi connectivity index (χ1v) is 13.0. The van der Waals surface area contributed by atoms with Gasteiger partial charge in [-0.25, -0.2) is 8.42 Å². The highest BCUT2D eigenvalue weighted by atomic mass is 32.2. The van der Waals surface area contributed by atoms with Gasteiger partial charge < -0.3 is 10.1 Å². The van der Waals surface area contributed by atoms with Crippen LogP contribution < -0.4 is 14.8 Å². The number of nitrogens with one attached hydrogen (secondary N) is 2. The summed E-state index contributed by atoms with van der Waals surface area (Å²) in [5.41, 5.74) is 2.06. The number of hydrogen-bond donors (Lipinski definition) is 2. The molecule has 0 aliphatic carbocycles. The van der Waals surface area contributed by atoms with Gasteiger partial charge in [0.2, 0.25) is 15.9 Å². The molecule has 2 N–H and O–H groups in total. The molecule has 2 atom stereocenters. The van der Waals surface area contributed by atoms with E-state index in [-0.39, 0.29) is 23.3 Å². The highest BCUT2D eigenvalue weighted by Gasteiger charge is 2.27. The molecule has 180 valence electrons. The molecule has 7 heteroatoms. The van der Waals surface area contributed by atoms with E-state index in [1.165, 1.54) is 17.7 Å². The summed E-state index contributed by atoms with van der Waals surface area (Å²) in [5, 5.41) is 2.98. The van der Waals surface area contributed by atoms with Gasteiger partial charge in [0.15, 0.2) is 0 Å². The van der Waals surface area contributed by atoms with E-state index in [9.17, 15) is 13.2 Å². The Kier molecular flexibility index (Phi) is 9.24. The zero-order chi connectivity index (χ0) is 24.4. The molecule has 3 aromatic rings. The molecule has 3 aromatic carbocycles. The van der Waals surface area contributed by atoms with Crippen LogP contribution in [0.4, 0.5) is 0 Å². The first-order chi connectivity index (χ1) is 16.4. The number of aryl methyl sites for hydroxylation is 1. The fourth-order valence-electron chi connectivity index (χ4n) is 3.62. The molecule has 6 nitrogen and oxygen atoms in total. The van der Waals surface area contributed by atoms with Crippen LogP contribution in [0.3, 0.4) is 0 Å². The fourth-order valence-corrected chi connectivity index (χ4v) is 4.81. The second kappa shape index (κ2) is 12.3. The molecule has 0 bridgehead atoms. The molecule has 0 aliphatic heterocycles. The maximum absolute atomic E-state index is 13.2. The number of sulfonamides is 1. The van der Waals surface area contributed by atoms with Crippen molar-refractivity contribution in [3.05, 3.63) is 96.1 Å².